The highest BCUT2D eigenvalue weighted by molar-refractivity contribution is 7.92. The fourth-order valence-electron chi connectivity index (χ4n) is 2.96. The SMILES string of the molecule is COc1ccc([C@@H](C)NC(=O)COc2ccc(S(=O)(=O)Nc3ccc(C)cc3)cc2)cc1. The van der Waals surface area contributed by atoms with E-state index >= 15 is 0 Å². The number of amides is 1. The van der Waals surface area contributed by atoms with Gasteiger partial charge in [-0.3, -0.25) is 9.52 Å². The molecule has 0 aliphatic carbocycles. The van der Waals surface area contributed by atoms with Crippen LogP contribution in [0.1, 0.15) is 24.1 Å². The Bertz CT molecular complexity index is 1140. The van der Waals surface area contributed by atoms with Gasteiger partial charge in [0.15, 0.2) is 6.61 Å². The number of benzene rings is 3. The third-order valence-electron chi connectivity index (χ3n) is 4.80. The predicted molar refractivity (Wildman–Crippen MR) is 123 cm³/mol. The molecule has 0 aromatic heterocycles. The molecule has 0 saturated carbocycles. The molecule has 0 heterocycles. The third-order valence-corrected chi connectivity index (χ3v) is 6.20. The van der Waals surface area contributed by atoms with Gasteiger partial charge in [0, 0.05) is 5.69 Å². The summed E-state index contributed by atoms with van der Waals surface area (Å²) in [6, 6.07) is 20.2. The summed E-state index contributed by atoms with van der Waals surface area (Å²) in [4.78, 5) is 12.3. The highest BCUT2D eigenvalue weighted by Crippen LogP contribution is 2.20. The van der Waals surface area contributed by atoms with Crippen LogP contribution in [0.15, 0.2) is 77.7 Å². The van der Waals surface area contributed by atoms with Crippen molar-refractivity contribution in [2.75, 3.05) is 18.4 Å². The smallest absolute Gasteiger partial charge is 0.261 e. The van der Waals surface area contributed by atoms with E-state index < -0.39 is 10.0 Å². The molecule has 32 heavy (non-hydrogen) atoms. The normalized spacial score (nSPS) is 12.0. The van der Waals surface area contributed by atoms with Crippen LogP contribution in [-0.4, -0.2) is 28.0 Å². The molecule has 0 fully saturated rings. The number of aryl methyl sites for hydroxylation is 1. The van der Waals surface area contributed by atoms with Crippen molar-refractivity contribution >= 4 is 21.6 Å². The van der Waals surface area contributed by atoms with Gasteiger partial charge in [0.1, 0.15) is 11.5 Å². The van der Waals surface area contributed by atoms with E-state index in [1.807, 2.05) is 50.2 Å². The number of sulfonamides is 1. The first-order chi connectivity index (χ1) is 15.3. The molecule has 2 N–H and O–H groups in total. The maximum Gasteiger partial charge on any atom is 0.261 e. The average Bonchev–Trinajstić information content (AvgIpc) is 2.79. The van der Waals surface area contributed by atoms with E-state index in [1.54, 1.807) is 19.2 Å². The van der Waals surface area contributed by atoms with Gasteiger partial charge in [0.2, 0.25) is 0 Å². The van der Waals surface area contributed by atoms with Gasteiger partial charge < -0.3 is 14.8 Å². The van der Waals surface area contributed by atoms with Crippen molar-refractivity contribution in [2.45, 2.75) is 24.8 Å². The minimum absolute atomic E-state index is 0.100. The van der Waals surface area contributed by atoms with Gasteiger partial charge in [-0.25, -0.2) is 8.42 Å². The number of anilines is 1. The molecule has 0 saturated heterocycles. The van der Waals surface area contributed by atoms with Crippen LogP contribution < -0.4 is 19.5 Å². The molecule has 3 rings (SSSR count). The van der Waals surface area contributed by atoms with Crippen molar-refractivity contribution in [3.05, 3.63) is 83.9 Å². The monoisotopic (exact) mass is 454 g/mol. The van der Waals surface area contributed by atoms with Crippen LogP contribution in [-0.2, 0) is 14.8 Å². The maximum absolute atomic E-state index is 12.5. The highest BCUT2D eigenvalue weighted by Gasteiger charge is 2.15. The molecule has 1 amide bonds. The topological polar surface area (TPSA) is 93.7 Å². The number of methoxy groups -OCH3 is 1. The Morgan fingerprint density at radius 3 is 2.09 bits per heavy atom. The van der Waals surface area contributed by atoms with Gasteiger partial charge >= 0.3 is 0 Å². The van der Waals surface area contributed by atoms with Crippen molar-refractivity contribution in [2.24, 2.45) is 0 Å². The summed E-state index contributed by atoms with van der Waals surface area (Å²) in [5, 5.41) is 2.86. The molecule has 3 aromatic carbocycles. The largest absolute Gasteiger partial charge is 0.497 e. The molecule has 8 heteroatoms. The van der Waals surface area contributed by atoms with Crippen LogP contribution in [0.4, 0.5) is 5.69 Å². The van der Waals surface area contributed by atoms with Gasteiger partial charge in [-0.2, -0.15) is 0 Å². The summed E-state index contributed by atoms with van der Waals surface area (Å²) >= 11 is 0. The minimum atomic E-state index is -3.72. The Labute approximate surface area is 188 Å². The fraction of sp³-hybridized carbons (Fsp3) is 0.208. The second kappa shape index (κ2) is 10.2. The Balaban J connectivity index is 1.53. The first-order valence-corrected chi connectivity index (χ1v) is 11.5. The van der Waals surface area contributed by atoms with E-state index in [0.717, 1.165) is 16.9 Å². The van der Waals surface area contributed by atoms with Crippen LogP contribution >= 0.6 is 0 Å². The van der Waals surface area contributed by atoms with Crippen LogP contribution in [0.25, 0.3) is 0 Å². The van der Waals surface area contributed by atoms with E-state index in [2.05, 4.69) is 10.0 Å². The van der Waals surface area contributed by atoms with Crippen LogP contribution in [0.2, 0.25) is 0 Å². The summed E-state index contributed by atoms with van der Waals surface area (Å²) in [6.07, 6.45) is 0. The number of carbonyl (C=O) groups is 1. The van der Waals surface area contributed by atoms with Crippen molar-refractivity contribution < 1.29 is 22.7 Å². The van der Waals surface area contributed by atoms with Gasteiger partial charge in [-0.15, -0.1) is 0 Å². The summed E-state index contributed by atoms with van der Waals surface area (Å²) < 4.78 is 38.2. The van der Waals surface area contributed by atoms with Crippen molar-refractivity contribution in [3.8, 4) is 11.5 Å². The van der Waals surface area contributed by atoms with E-state index in [4.69, 9.17) is 9.47 Å². The molecule has 3 aromatic rings. The van der Waals surface area contributed by atoms with E-state index in [-0.39, 0.29) is 23.5 Å². The Kier molecular flexibility index (Phi) is 7.37. The molecule has 7 nitrogen and oxygen atoms in total. The lowest BCUT2D eigenvalue weighted by Gasteiger charge is -2.15. The van der Waals surface area contributed by atoms with Gasteiger partial charge in [-0.05, 0) is 67.9 Å². The number of ether oxygens (including phenoxy) is 2. The molecule has 0 aliphatic heterocycles. The summed E-state index contributed by atoms with van der Waals surface area (Å²) in [6.45, 7) is 3.62. The molecule has 0 spiro atoms. The summed E-state index contributed by atoms with van der Waals surface area (Å²) in [5.74, 6) is 0.854. The Morgan fingerprint density at radius 2 is 1.50 bits per heavy atom. The van der Waals surface area contributed by atoms with Crippen molar-refractivity contribution in [3.63, 3.8) is 0 Å². The van der Waals surface area contributed by atoms with Crippen molar-refractivity contribution in [1.29, 1.82) is 0 Å². The maximum atomic E-state index is 12.5. The standard InChI is InChI=1S/C24H26N2O5S/c1-17-4-8-20(9-5-17)26-32(28,29)23-14-12-22(13-15-23)31-16-24(27)25-18(2)19-6-10-21(30-3)11-7-19/h4-15,18,26H,16H2,1-3H3,(H,25,27)/t18-/m1/s1. The molecule has 1 atom stereocenters. The van der Waals surface area contributed by atoms with Gasteiger partial charge in [0.25, 0.3) is 15.9 Å². The number of carbonyl (C=O) groups excluding carboxylic acids is 1. The average molecular weight is 455 g/mol. The zero-order chi connectivity index (χ0) is 23.1. The van der Waals surface area contributed by atoms with Crippen molar-refractivity contribution in [1.82, 2.24) is 5.32 Å². The van der Waals surface area contributed by atoms with E-state index in [9.17, 15) is 13.2 Å². The Morgan fingerprint density at radius 1 is 0.906 bits per heavy atom. The third kappa shape index (κ3) is 6.24. The first-order valence-electron chi connectivity index (χ1n) is 10.0. The molecule has 0 aliphatic rings. The first kappa shape index (κ1) is 23.1. The van der Waals surface area contributed by atoms with E-state index in [1.165, 1.54) is 24.3 Å². The molecule has 0 unspecified atom stereocenters. The van der Waals surface area contributed by atoms with Gasteiger partial charge in [-0.1, -0.05) is 29.8 Å². The molecule has 0 radical (unpaired) electrons. The molecular weight excluding hydrogens is 428 g/mol. The minimum Gasteiger partial charge on any atom is -0.497 e. The lowest BCUT2D eigenvalue weighted by atomic mass is 10.1. The number of hydrogen-bond donors (Lipinski definition) is 2. The number of hydrogen-bond acceptors (Lipinski definition) is 5. The molecule has 0 bridgehead atoms. The number of nitrogens with one attached hydrogen (secondary N) is 2. The van der Waals surface area contributed by atoms with Crippen LogP contribution in [0.3, 0.4) is 0 Å². The molecule has 168 valence electrons. The quantitative estimate of drug-likeness (QED) is 0.509. The second-order valence-corrected chi connectivity index (χ2v) is 8.98. The van der Waals surface area contributed by atoms with Crippen LogP contribution in [0.5, 0.6) is 11.5 Å². The van der Waals surface area contributed by atoms with E-state index in [0.29, 0.717) is 11.4 Å². The number of rotatable bonds is 9. The lowest BCUT2D eigenvalue weighted by molar-refractivity contribution is -0.123. The lowest BCUT2D eigenvalue weighted by Crippen LogP contribution is -2.31. The van der Waals surface area contributed by atoms with Gasteiger partial charge in [0.05, 0.1) is 18.0 Å². The summed E-state index contributed by atoms with van der Waals surface area (Å²) in [7, 11) is -2.12. The van der Waals surface area contributed by atoms with Crippen LogP contribution in [0, 0.1) is 6.92 Å². The molecular formula is C24H26N2O5S. The fourth-order valence-corrected chi connectivity index (χ4v) is 4.02. The highest BCUT2D eigenvalue weighted by atomic mass is 32.2. The second-order valence-electron chi connectivity index (χ2n) is 7.29. The predicted octanol–water partition coefficient (Wildman–Crippen LogP) is 4.06. The summed E-state index contributed by atoms with van der Waals surface area (Å²) in [5.41, 5.74) is 2.46. The zero-order valence-corrected chi connectivity index (χ0v) is 19.0. The Hall–Kier alpha value is -3.52. The zero-order valence-electron chi connectivity index (χ0n) is 18.2.